The summed E-state index contributed by atoms with van der Waals surface area (Å²) in [7, 11) is 0. The molecule has 6 nitrogen and oxygen atoms in total. The van der Waals surface area contributed by atoms with Crippen LogP contribution in [-0.2, 0) is 12.8 Å². The molecule has 4 rings (SSSR count). The van der Waals surface area contributed by atoms with Crippen LogP contribution in [0.5, 0.6) is 0 Å². The normalized spacial score (nSPS) is 11.4. The fourth-order valence-corrected chi connectivity index (χ4v) is 11.1. The van der Waals surface area contributed by atoms with Crippen LogP contribution in [0.3, 0.4) is 0 Å². The average Bonchev–Trinajstić information content (AvgIpc) is 3.53. The number of carbonyl (C=O) groups excluding carboxylic acids is 2. The van der Waals surface area contributed by atoms with Gasteiger partial charge in [-0.3, -0.25) is 9.78 Å². The molecule has 4 heterocycles. The van der Waals surface area contributed by atoms with Crippen LogP contribution in [0, 0.1) is 6.92 Å². The van der Waals surface area contributed by atoms with Crippen LogP contribution in [0.2, 0.25) is 14.8 Å². The Bertz CT molecular complexity index is 1360. The molecule has 0 fully saturated rings. The van der Waals surface area contributed by atoms with Gasteiger partial charge in [-0.2, -0.15) is 0 Å². The maximum atomic E-state index is 12.5. The molecule has 9 heteroatoms. The van der Waals surface area contributed by atoms with Crippen molar-refractivity contribution in [3.63, 3.8) is 0 Å². The number of aromatic nitrogens is 2. The maximum absolute atomic E-state index is 12.5. The molecule has 0 saturated carbocycles. The number of pyridine rings is 2. The van der Waals surface area contributed by atoms with Gasteiger partial charge in [-0.15, -0.1) is 11.3 Å². The van der Waals surface area contributed by atoms with Crippen LogP contribution < -0.4 is 13.5 Å². The molecule has 0 atom stereocenters. The molecule has 0 aliphatic rings. The monoisotopic (exact) mass is 640 g/mol. The third-order valence-corrected chi connectivity index (χ3v) is 17.5. The van der Waals surface area contributed by atoms with E-state index in [0.717, 1.165) is 12.8 Å². The van der Waals surface area contributed by atoms with E-state index in [1.54, 1.807) is 50.9 Å². The summed E-state index contributed by atoms with van der Waals surface area (Å²) in [4.78, 5) is 44.9. The topological polar surface area (TPSA) is 84.0 Å². The first-order valence-corrected chi connectivity index (χ1v) is 23.9. The second-order valence-corrected chi connectivity index (χ2v) is 27.9. The maximum Gasteiger partial charge on any atom is 0.0403 e. The van der Waals surface area contributed by atoms with Crippen molar-refractivity contribution >= 4 is 55.8 Å². The minimum absolute atomic E-state index is 0.136. The Morgan fingerprint density at radius 2 is 1.24 bits per heavy atom. The second kappa shape index (κ2) is 12.3. The molecular formula is C28H32N4O2S2Sn. The van der Waals surface area contributed by atoms with Crippen molar-refractivity contribution in [1.29, 1.82) is 0 Å². The molecule has 2 N–H and O–H groups in total. The molecule has 192 valence electrons. The van der Waals surface area contributed by atoms with Crippen molar-refractivity contribution in [3.05, 3.63) is 86.7 Å². The zero-order valence-corrected chi connectivity index (χ0v) is 26.1. The van der Waals surface area contributed by atoms with Crippen LogP contribution in [0.25, 0.3) is 11.4 Å². The van der Waals surface area contributed by atoms with Crippen molar-refractivity contribution in [1.82, 2.24) is 20.6 Å². The Hall–Kier alpha value is -2.56. The quantitative estimate of drug-likeness (QED) is 0.238. The van der Waals surface area contributed by atoms with Crippen molar-refractivity contribution in [2.45, 2.75) is 34.6 Å². The van der Waals surface area contributed by atoms with E-state index in [-0.39, 0.29) is 11.8 Å². The molecule has 0 aliphatic heterocycles. The number of aryl methyl sites for hydroxylation is 1. The molecule has 37 heavy (non-hydrogen) atoms. The van der Waals surface area contributed by atoms with Gasteiger partial charge < -0.3 is 5.32 Å². The predicted molar refractivity (Wildman–Crippen MR) is 156 cm³/mol. The Morgan fingerprint density at radius 1 is 0.730 bits per heavy atom. The van der Waals surface area contributed by atoms with E-state index in [9.17, 15) is 9.59 Å². The first-order valence-electron chi connectivity index (χ1n) is 12.3. The minimum atomic E-state index is -2.02. The minimum Gasteiger partial charge on any atom is -0.254 e. The fourth-order valence-electron chi connectivity index (χ4n) is 3.70. The van der Waals surface area contributed by atoms with Crippen LogP contribution in [-0.4, -0.2) is 53.2 Å². The number of carbonyl (C=O) groups is 2. The number of hydrogen-bond donors (Lipinski definition) is 2. The van der Waals surface area contributed by atoms with Gasteiger partial charge in [0.2, 0.25) is 0 Å². The third-order valence-electron chi connectivity index (χ3n) is 5.82. The van der Waals surface area contributed by atoms with Crippen LogP contribution in [0.4, 0.5) is 0 Å². The third kappa shape index (κ3) is 7.72. The SMILES string of the molecule is Cc1ccc(CCNC(=O)c2ccc(-c3ccc(C(=O)NCCc4cc[c]([Sn]([CH3])([CH3])[CH3])s4)cn3)nc2)s1. The molecule has 0 aliphatic carbocycles. The summed E-state index contributed by atoms with van der Waals surface area (Å²) in [5.74, 6) is -0.281. The molecule has 4 aromatic rings. The van der Waals surface area contributed by atoms with E-state index in [1.165, 1.54) is 14.6 Å². The smallest absolute Gasteiger partial charge is 0.0403 e. The van der Waals surface area contributed by atoms with Gasteiger partial charge >= 0.3 is 134 Å². The van der Waals surface area contributed by atoms with E-state index in [2.05, 4.69) is 66.6 Å². The first kappa shape index (κ1) is 27.5. The van der Waals surface area contributed by atoms with E-state index in [0.29, 0.717) is 35.6 Å². The number of nitrogens with one attached hydrogen (secondary N) is 2. The molecule has 0 bridgehead atoms. The predicted octanol–water partition coefficient (Wildman–Crippen LogP) is 5.07. The van der Waals surface area contributed by atoms with Gasteiger partial charge in [-0.05, 0) is 37.6 Å². The van der Waals surface area contributed by atoms with E-state index < -0.39 is 18.4 Å². The van der Waals surface area contributed by atoms with Crippen LogP contribution in [0.15, 0.2) is 60.9 Å². The first-order chi connectivity index (χ1) is 17.7. The van der Waals surface area contributed by atoms with Gasteiger partial charge in [0.25, 0.3) is 5.91 Å². The summed E-state index contributed by atoms with van der Waals surface area (Å²) in [6, 6.07) is 15.7. The summed E-state index contributed by atoms with van der Waals surface area (Å²) in [6.07, 6.45) is 4.77. The van der Waals surface area contributed by atoms with Crippen LogP contribution >= 0.6 is 22.7 Å². The Balaban J connectivity index is 1.26. The van der Waals surface area contributed by atoms with Gasteiger partial charge in [-0.1, -0.05) is 0 Å². The molecule has 0 saturated heterocycles. The molecule has 2 amide bonds. The number of rotatable bonds is 10. The number of amides is 2. The zero-order chi connectivity index (χ0) is 26.4. The van der Waals surface area contributed by atoms with Gasteiger partial charge in [0.15, 0.2) is 0 Å². The second-order valence-electron chi connectivity index (χ2n) is 9.90. The van der Waals surface area contributed by atoms with Gasteiger partial charge in [0.1, 0.15) is 0 Å². The zero-order valence-electron chi connectivity index (χ0n) is 21.6. The summed E-state index contributed by atoms with van der Waals surface area (Å²) >= 11 is 1.62. The fraction of sp³-hybridized carbons (Fsp3) is 0.286. The van der Waals surface area contributed by atoms with Gasteiger partial charge in [0.05, 0.1) is 5.56 Å². The molecular weight excluding hydrogens is 607 g/mol. The number of thiophene rings is 2. The van der Waals surface area contributed by atoms with E-state index in [4.69, 9.17) is 0 Å². The molecule has 0 unspecified atom stereocenters. The van der Waals surface area contributed by atoms with Crippen molar-refractivity contribution in [2.24, 2.45) is 0 Å². The summed E-state index contributed by atoms with van der Waals surface area (Å²) in [6.45, 7) is 3.26. The van der Waals surface area contributed by atoms with Crippen molar-refractivity contribution in [3.8, 4) is 11.4 Å². The molecule has 0 spiro atoms. The van der Waals surface area contributed by atoms with E-state index in [1.807, 2.05) is 11.3 Å². The van der Waals surface area contributed by atoms with E-state index >= 15 is 0 Å². The summed E-state index contributed by atoms with van der Waals surface area (Å²) in [5.41, 5.74) is 2.32. The Kier molecular flexibility index (Phi) is 9.15. The Morgan fingerprint density at radius 3 is 1.65 bits per heavy atom. The summed E-state index contributed by atoms with van der Waals surface area (Å²) in [5, 5.41) is 5.93. The van der Waals surface area contributed by atoms with Gasteiger partial charge in [0, 0.05) is 22.5 Å². The average molecular weight is 639 g/mol. The summed E-state index contributed by atoms with van der Waals surface area (Å²) < 4.78 is 1.56. The van der Waals surface area contributed by atoms with Crippen molar-refractivity contribution < 1.29 is 9.59 Å². The van der Waals surface area contributed by atoms with Crippen molar-refractivity contribution in [2.75, 3.05) is 13.1 Å². The molecule has 4 aromatic heterocycles. The largest absolute Gasteiger partial charge is 0.254 e. The molecule has 0 aromatic carbocycles. The van der Waals surface area contributed by atoms with Crippen LogP contribution in [0.1, 0.15) is 35.3 Å². The number of nitrogens with zero attached hydrogens (tertiary/aromatic N) is 2. The Labute approximate surface area is 230 Å². The van der Waals surface area contributed by atoms with Gasteiger partial charge in [-0.25, -0.2) is 0 Å². The standard InChI is InChI=1S/C25H23N4O2S2.3CH3.Sn/c1-17-4-7-21(33-17)11-13-27-25(31)19-6-9-23(29-16-19)22-8-5-18(15-28-22)24(30)26-12-10-20-3-2-14-32-20;;;;/h2-9,15-16H,10-13H2,1H3,(H,26,30)(H,27,31);3*1H3;. The number of hydrogen-bond acceptors (Lipinski definition) is 6. The molecule has 0 radical (unpaired) electrons.